The van der Waals surface area contributed by atoms with E-state index in [1.54, 1.807) is 4.68 Å². The Morgan fingerprint density at radius 3 is 2.67 bits per heavy atom. The molecule has 1 heterocycles. The van der Waals surface area contributed by atoms with Crippen LogP contribution in [0.4, 0.5) is 0 Å². The quantitative estimate of drug-likeness (QED) is 0.393. The molecule has 0 saturated carbocycles. The molecule has 4 aromatic rings. The normalized spacial score (nSPS) is 11.3. The Hall–Kier alpha value is -3.25. The summed E-state index contributed by atoms with van der Waals surface area (Å²) >= 11 is 5.36. The van der Waals surface area contributed by atoms with Crippen molar-refractivity contribution in [3.63, 3.8) is 0 Å². The topological polar surface area (TPSA) is 55.2 Å². The van der Waals surface area contributed by atoms with E-state index in [0.29, 0.717) is 17.2 Å². The molecular weight excluding hydrogens is 356 g/mol. The molecule has 134 valence electrons. The number of nitrogens with zero attached hydrogens (tertiary/aromatic N) is 3. The van der Waals surface area contributed by atoms with E-state index in [4.69, 9.17) is 17.0 Å². The van der Waals surface area contributed by atoms with Crippen LogP contribution in [0.15, 0.2) is 71.8 Å². The molecule has 0 saturated heterocycles. The first kappa shape index (κ1) is 17.2. The first-order valence-electron chi connectivity index (χ1n) is 8.69. The lowest BCUT2D eigenvalue weighted by Crippen LogP contribution is -1.96. The summed E-state index contributed by atoms with van der Waals surface area (Å²) in [5.41, 5.74) is 1.93. The monoisotopic (exact) mass is 374 g/mol. The molecule has 0 aliphatic heterocycles. The molecule has 0 spiro atoms. The lowest BCUT2D eigenvalue weighted by molar-refractivity contribution is 0.340. The minimum Gasteiger partial charge on any atom is -0.494 e. The van der Waals surface area contributed by atoms with Gasteiger partial charge in [-0.15, -0.1) is 0 Å². The Kier molecular flexibility index (Phi) is 4.80. The minimum atomic E-state index is 0.440. The fraction of sp³-hybridized carbons (Fsp3) is 0.0952. The van der Waals surface area contributed by atoms with Gasteiger partial charge in [0.1, 0.15) is 5.75 Å². The Bertz CT molecular complexity index is 1150. The molecule has 27 heavy (non-hydrogen) atoms. The van der Waals surface area contributed by atoms with E-state index in [1.165, 1.54) is 5.39 Å². The lowest BCUT2D eigenvalue weighted by atomic mass is 10.1. The van der Waals surface area contributed by atoms with Crippen LogP contribution in [0, 0.1) is 4.77 Å². The summed E-state index contributed by atoms with van der Waals surface area (Å²) in [6, 6.07) is 22.1. The van der Waals surface area contributed by atoms with Crippen molar-refractivity contribution in [1.29, 1.82) is 0 Å². The smallest absolute Gasteiger partial charge is 0.216 e. The summed E-state index contributed by atoms with van der Waals surface area (Å²) in [6.45, 7) is 2.59. The van der Waals surface area contributed by atoms with Crippen LogP contribution in [0.2, 0.25) is 0 Å². The van der Waals surface area contributed by atoms with Gasteiger partial charge in [0, 0.05) is 11.1 Å². The molecule has 1 N–H and O–H groups in total. The molecule has 1 aromatic heterocycles. The van der Waals surface area contributed by atoms with E-state index in [0.717, 1.165) is 22.3 Å². The highest BCUT2D eigenvalue weighted by molar-refractivity contribution is 7.71. The number of benzene rings is 3. The first-order valence-corrected chi connectivity index (χ1v) is 9.10. The van der Waals surface area contributed by atoms with Gasteiger partial charge in [-0.2, -0.15) is 14.9 Å². The van der Waals surface area contributed by atoms with Crippen LogP contribution < -0.4 is 4.74 Å². The average Bonchev–Trinajstić information content (AvgIpc) is 3.07. The third-order valence-corrected chi connectivity index (χ3v) is 4.47. The van der Waals surface area contributed by atoms with Gasteiger partial charge >= 0.3 is 0 Å². The van der Waals surface area contributed by atoms with Gasteiger partial charge in [0.25, 0.3) is 0 Å². The summed E-state index contributed by atoms with van der Waals surface area (Å²) in [7, 11) is 0. The van der Waals surface area contributed by atoms with Crippen LogP contribution in [0.1, 0.15) is 12.5 Å². The number of hydrogen-bond acceptors (Lipinski definition) is 4. The van der Waals surface area contributed by atoms with Crippen molar-refractivity contribution >= 4 is 29.2 Å². The van der Waals surface area contributed by atoms with E-state index in [-0.39, 0.29) is 0 Å². The fourth-order valence-electron chi connectivity index (χ4n) is 2.94. The average molecular weight is 374 g/mol. The van der Waals surface area contributed by atoms with Crippen molar-refractivity contribution in [2.24, 2.45) is 5.10 Å². The maximum Gasteiger partial charge on any atom is 0.216 e. The van der Waals surface area contributed by atoms with Gasteiger partial charge in [0.05, 0.1) is 12.8 Å². The van der Waals surface area contributed by atoms with Gasteiger partial charge in [-0.1, -0.05) is 42.5 Å². The van der Waals surface area contributed by atoms with E-state index >= 15 is 0 Å². The molecule has 0 unspecified atom stereocenters. The number of aromatic nitrogens is 3. The second-order valence-electron chi connectivity index (χ2n) is 5.93. The van der Waals surface area contributed by atoms with Crippen molar-refractivity contribution in [3.8, 4) is 17.1 Å². The highest BCUT2D eigenvalue weighted by Gasteiger charge is 2.08. The molecule has 0 aliphatic carbocycles. The fourth-order valence-corrected chi connectivity index (χ4v) is 3.11. The van der Waals surface area contributed by atoms with Crippen molar-refractivity contribution in [2.75, 3.05) is 6.61 Å². The Labute approximate surface area is 161 Å². The van der Waals surface area contributed by atoms with Crippen LogP contribution in [0.25, 0.3) is 22.2 Å². The van der Waals surface area contributed by atoms with Crippen LogP contribution >= 0.6 is 12.2 Å². The molecule has 0 fully saturated rings. The maximum absolute atomic E-state index is 5.49. The van der Waals surface area contributed by atoms with Crippen molar-refractivity contribution in [3.05, 3.63) is 77.1 Å². The summed E-state index contributed by atoms with van der Waals surface area (Å²) in [5.74, 6) is 1.47. The van der Waals surface area contributed by atoms with Crippen molar-refractivity contribution < 1.29 is 4.74 Å². The van der Waals surface area contributed by atoms with Crippen molar-refractivity contribution in [1.82, 2.24) is 14.9 Å². The third-order valence-electron chi connectivity index (χ3n) is 4.21. The van der Waals surface area contributed by atoms with Gasteiger partial charge in [0.15, 0.2) is 5.82 Å². The van der Waals surface area contributed by atoms with Crippen LogP contribution in [-0.4, -0.2) is 27.7 Å². The number of rotatable bonds is 5. The molecule has 0 amide bonds. The molecule has 0 aliphatic rings. The summed E-state index contributed by atoms with van der Waals surface area (Å²) < 4.78 is 7.57. The summed E-state index contributed by atoms with van der Waals surface area (Å²) in [5, 5.41) is 14.0. The molecule has 6 heteroatoms. The van der Waals surface area contributed by atoms with E-state index in [1.807, 2.05) is 61.7 Å². The largest absolute Gasteiger partial charge is 0.494 e. The van der Waals surface area contributed by atoms with Crippen LogP contribution in [0.3, 0.4) is 0 Å². The predicted octanol–water partition coefficient (Wildman–Crippen LogP) is 5.04. The Balaban J connectivity index is 1.71. The number of hydrogen-bond donors (Lipinski definition) is 1. The number of nitrogens with one attached hydrogen (secondary N) is 1. The highest BCUT2D eigenvalue weighted by atomic mass is 32.1. The Morgan fingerprint density at radius 2 is 1.85 bits per heavy atom. The van der Waals surface area contributed by atoms with E-state index in [2.05, 4.69) is 33.5 Å². The summed E-state index contributed by atoms with van der Waals surface area (Å²) in [6.07, 6.45) is 1.81. The zero-order valence-electron chi connectivity index (χ0n) is 14.8. The van der Waals surface area contributed by atoms with Gasteiger partial charge in [0.2, 0.25) is 4.77 Å². The standard InChI is InChI=1S/C21H18N4OS/c1-2-26-18-12-10-16(11-13-18)20-23-24-21(27)25(20)22-14-17-8-5-7-15-6-3-4-9-19(15)17/h3-14H,2H2,1H3,(H,24,27)/b22-14-. The van der Waals surface area contributed by atoms with Crippen molar-refractivity contribution in [2.45, 2.75) is 6.92 Å². The summed E-state index contributed by atoms with van der Waals surface area (Å²) in [4.78, 5) is 0. The SMILES string of the molecule is CCOc1ccc(-c2n[nH]c(=S)n2/N=C\c2cccc3ccccc23)cc1. The zero-order chi connectivity index (χ0) is 18.6. The van der Waals surface area contributed by atoms with Gasteiger partial charge < -0.3 is 4.74 Å². The molecule has 0 bridgehead atoms. The van der Waals surface area contributed by atoms with Gasteiger partial charge in [-0.25, -0.2) is 5.10 Å². The third kappa shape index (κ3) is 3.52. The van der Waals surface area contributed by atoms with Gasteiger partial charge in [-0.3, -0.25) is 0 Å². The molecule has 5 nitrogen and oxygen atoms in total. The van der Waals surface area contributed by atoms with Crippen LogP contribution in [-0.2, 0) is 0 Å². The number of fused-ring (bicyclic) bond motifs is 1. The van der Waals surface area contributed by atoms with Crippen LogP contribution in [0.5, 0.6) is 5.75 Å². The second kappa shape index (κ2) is 7.55. The molecule has 3 aromatic carbocycles. The molecule has 4 rings (SSSR count). The maximum atomic E-state index is 5.49. The zero-order valence-corrected chi connectivity index (χ0v) is 15.6. The molecular formula is C21H18N4OS. The van der Waals surface area contributed by atoms with E-state index in [9.17, 15) is 0 Å². The second-order valence-corrected chi connectivity index (χ2v) is 6.32. The molecule has 0 atom stereocenters. The first-order chi connectivity index (χ1) is 13.3. The number of ether oxygens (including phenoxy) is 1. The number of aromatic amines is 1. The van der Waals surface area contributed by atoms with Gasteiger partial charge in [-0.05, 0) is 54.2 Å². The van der Waals surface area contributed by atoms with E-state index < -0.39 is 0 Å². The minimum absolute atomic E-state index is 0.440. The Morgan fingerprint density at radius 1 is 1.07 bits per heavy atom. The lowest BCUT2D eigenvalue weighted by Gasteiger charge is -2.05. The number of H-pyrrole nitrogens is 1. The highest BCUT2D eigenvalue weighted by Crippen LogP contribution is 2.22. The predicted molar refractivity (Wildman–Crippen MR) is 111 cm³/mol. The molecule has 0 radical (unpaired) electrons.